The van der Waals surface area contributed by atoms with Crippen LogP contribution in [0.2, 0.25) is 10.0 Å². The van der Waals surface area contributed by atoms with Crippen LogP contribution < -0.4 is 25.6 Å². The predicted molar refractivity (Wildman–Crippen MR) is 142 cm³/mol. The Balaban J connectivity index is 0.000000215. The molecular formula is C18H22Cl2N6O8S4. The van der Waals surface area contributed by atoms with Crippen molar-refractivity contribution in [2.24, 2.45) is 20.6 Å². The Morgan fingerprint density at radius 2 is 1.39 bits per heavy atom. The Morgan fingerprint density at radius 1 is 0.895 bits per heavy atom. The molecule has 0 saturated heterocycles. The van der Waals surface area contributed by atoms with Gasteiger partial charge in [0.25, 0.3) is 10.0 Å². The van der Waals surface area contributed by atoms with Crippen LogP contribution in [-0.2, 0) is 40.1 Å². The maximum Gasteiger partial charge on any atom is 0.285 e. The van der Waals surface area contributed by atoms with Crippen LogP contribution in [0.1, 0.15) is 20.3 Å². The fourth-order valence-electron chi connectivity index (χ4n) is 3.44. The molecule has 2 aliphatic rings. The van der Waals surface area contributed by atoms with Crippen LogP contribution in [-0.4, -0.2) is 46.2 Å². The van der Waals surface area contributed by atoms with Gasteiger partial charge in [0.15, 0.2) is 0 Å². The van der Waals surface area contributed by atoms with Crippen molar-refractivity contribution in [1.29, 1.82) is 0 Å². The molecule has 0 aliphatic carbocycles. The molecule has 1 unspecified atom stereocenters. The van der Waals surface area contributed by atoms with Gasteiger partial charge in [0.2, 0.25) is 30.1 Å². The lowest BCUT2D eigenvalue weighted by molar-refractivity contribution is 0.483. The highest BCUT2D eigenvalue weighted by molar-refractivity contribution is 7.91. The van der Waals surface area contributed by atoms with Gasteiger partial charge in [0, 0.05) is 0 Å². The number of nitrogens with one attached hydrogen (secondary N) is 3. The summed E-state index contributed by atoms with van der Waals surface area (Å²) >= 11 is 11.6. The predicted octanol–water partition coefficient (Wildman–Crippen LogP) is 1.19. The van der Waals surface area contributed by atoms with E-state index in [4.69, 9.17) is 33.5 Å². The molecule has 0 amide bonds. The number of hydrogen-bond acceptors (Lipinski definition) is 10. The number of rotatable bonds is 4. The zero-order chi connectivity index (χ0) is 28.8. The van der Waals surface area contributed by atoms with Crippen molar-refractivity contribution in [3.05, 3.63) is 34.3 Å². The van der Waals surface area contributed by atoms with Crippen LogP contribution in [0.5, 0.6) is 0 Å². The summed E-state index contributed by atoms with van der Waals surface area (Å²) in [4.78, 5) is -1.35. The lowest BCUT2D eigenvalue weighted by Gasteiger charge is -2.29. The first-order valence-electron chi connectivity index (χ1n) is 10.3. The molecule has 0 bridgehead atoms. The van der Waals surface area contributed by atoms with E-state index in [1.165, 1.54) is 12.1 Å². The minimum absolute atomic E-state index is 0.121. The van der Waals surface area contributed by atoms with Crippen LogP contribution >= 0.6 is 23.2 Å². The summed E-state index contributed by atoms with van der Waals surface area (Å²) in [6.07, 6.45) is 1.08. The number of primary sulfonamides is 2. The topological polar surface area (TPSA) is 237 Å². The lowest BCUT2D eigenvalue weighted by Crippen LogP contribution is -2.45. The molecule has 0 spiro atoms. The zero-order valence-corrected chi connectivity index (χ0v) is 24.3. The summed E-state index contributed by atoms with van der Waals surface area (Å²) in [5.74, 6) is 0.269. The van der Waals surface area contributed by atoms with E-state index in [1.807, 2.05) is 13.8 Å². The highest BCUT2D eigenvalue weighted by Gasteiger charge is 2.32. The second-order valence-electron chi connectivity index (χ2n) is 8.45. The smallest absolute Gasteiger partial charge is 0.285 e. The third-order valence-electron chi connectivity index (χ3n) is 4.99. The molecule has 4 rings (SSSR count). The van der Waals surface area contributed by atoms with Crippen molar-refractivity contribution in [3.63, 3.8) is 0 Å². The number of benzene rings is 2. The van der Waals surface area contributed by atoms with Gasteiger partial charge in [-0.2, -0.15) is 13.1 Å². The maximum atomic E-state index is 12.2. The number of nitrogens with zero attached hydrogens (tertiary/aromatic N) is 1. The Kier molecular flexibility index (Phi) is 8.44. The molecule has 0 radical (unpaired) electrons. The van der Waals surface area contributed by atoms with E-state index >= 15 is 0 Å². The monoisotopic (exact) mass is 648 g/mol. The second kappa shape index (κ2) is 10.5. The number of anilines is 2. The van der Waals surface area contributed by atoms with Gasteiger partial charge in [-0.3, -0.25) is 0 Å². The van der Waals surface area contributed by atoms with Gasteiger partial charge in [0.05, 0.1) is 27.6 Å². The van der Waals surface area contributed by atoms with Crippen LogP contribution in [0, 0.1) is 5.92 Å². The first-order valence-corrected chi connectivity index (χ1v) is 17.1. The number of sulfonamides is 4. The first kappa shape index (κ1) is 30.5. The molecule has 0 saturated carbocycles. The van der Waals surface area contributed by atoms with Crippen molar-refractivity contribution >= 4 is 81.0 Å². The molecule has 1 atom stereocenters. The fourth-order valence-corrected chi connectivity index (χ4v) is 8.09. The van der Waals surface area contributed by atoms with Crippen molar-refractivity contribution in [2.75, 3.05) is 10.6 Å². The fraction of sp³-hybridized carbons (Fsp3) is 0.278. The summed E-state index contributed by atoms with van der Waals surface area (Å²) < 4.78 is 98.4. The van der Waals surface area contributed by atoms with E-state index < -0.39 is 56.0 Å². The van der Waals surface area contributed by atoms with Gasteiger partial charge < -0.3 is 10.6 Å². The molecule has 2 aromatic rings. The van der Waals surface area contributed by atoms with E-state index in [1.54, 1.807) is 0 Å². The van der Waals surface area contributed by atoms with Gasteiger partial charge in [-0.05, 0) is 36.6 Å². The maximum absolute atomic E-state index is 12.2. The average molecular weight is 650 g/mol. The Labute approximate surface area is 230 Å². The van der Waals surface area contributed by atoms with E-state index in [-0.39, 0.29) is 37.1 Å². The highest BCUT2D eigenvalue weighted by Crippen LogP contribution is 2.35. The normalized spacial score (nSPS) is 19.3. The molecule has 7 N–H and O–H groups in total. The van der Waals surface area contributed by atoms with Crippen LogP contribution in [0.15, 0.2) is 48.2 Å². The van der Waals surface area contributed by atoms with E-state index in [9.17, 15) is 33.7 Å². The molecule has 2 aromatic carbocycles. The van der Waals surface area contributed by atoms with Gasteiger partial charge in [-0.25, -0.2) is 35.5 Å². The summed E-state index contributed by atoms with van der Waals surface area (Å²) in [5, 5.41) is 15.2. The van der Waals surface area contributed by atoms with E-state index in [2.05, 4.69) is 19.8 Å². The number of hydrogen-bond donors (Lipinski definition) is 5. The molecule has 38 heavy (non-hydrogen) atoms. The van der Waals surface area contributed by atoms with Crippen LogP contribution in [0.4, 0.5) is 11.4 Å². The third-order valence-corrected chi connectivity index (χ3v) is 10.5. The molecule has 210 valence electrons. The Bertz CT molecular complexity index is 1760. The van der Waals surface area contributed by atoms with Gasteiger partial charge in [-0.1, -0.05) is 37.0 Å². The summed E-state index contributed by atoms with van der Waals surface area (Å²) in [5.41, 5.74) is 0.411. The van der Waals surface area contributed by atoms with Crippen LogP contribution in [0.3, 0.4) is 0 Å². The van der Waals surface area contributed by atoms with Gasteiger partial charge >= 0.3 is 0 Å². The molecule has 2 aliphatic heterocycles. The lowest BCUT2D eigenvalue weighted by atomic mass is 10.1. The van der Waals surface area contributed by atoms with Crippen LogP contribution in [0.25, 0.3) is 0 Å². The number of fused-ring (bicyclic) bond motifs is 2. The average Bonchev–Trinajstić information content (AvgIpc) is 2.70. The second-order valence-corrected chi connectivity index (χ2v) is 15.6. The highest BCUT2D eigenvalue weighted by atomic mass is 35.5. The van der Waals surface area contributed by atoms with E-state index in [0.717, 1.165) is 18.5 Å². The number of halogens is 2. The quantitative estimate of drug-likeness (QED) is 0.317. The molecule has 14 nitrogen and oxygen atoms in total. The molecular weight excluding hydrogens is 627 g/mol. The molecule has 20 heteroatoms. The summed E-state index contributed by atoms with van der Waals surface area (Å²) in [6, 6.07) is 4.28. The molecule has 0 aromatic heterocycles. The summed E-state index contributed by atoms with van der Waals surface area (Å²) in [6.45, 7) is 3.92. The zero-order valence-electron chi connectivity index (χ0n) is 19.5. The van der Waals surface area contributed by atoms with Crippen molar-refractivity contribution in [2.45, 2.75) is 46.0 Å². The summed E-state index contributed by atoms with van der Waals surface area (Å²) in [7, 11) is -15.9. The van der Waals surface area contributed by atoms with Crippen molar-refractivity contribution in [3.8, 4) is 0 Å². The van der Waals surface area contributed by atoms with E-state index in [0.29, 0.717) is 6.42 Å². The Morgan fingerprint density at radius 3 is 1.89 bits per heavy atom. The third kappa shape index (κ3) is 6.75. The van der Waals surface area contributed by atoms with Gasteiger partial charge in [-0.15, -0.1) is 4.40 Å². The van der Waals surface area contributed by atoms with Crippen molar-refractivity contribution in [1.82, 2.24) is 4.72 Å². The molecule has 2 heterocycles. The largest absolute Gasteiger partial charge is 0.368 e. The molecule has 0 fully saturated rings. The Hall–Kier alpha value is -2.03. The SMILES string of the molecule is CC(C)CC1Nc2cc(Cl)c(S(N)(=O)=O)cc2S(=O)(=O)N1.NS(=O)(=O)c1cc2c(cc1Cl)NC=NS2(=O)=O. The first-order chi connectivity index (χ1) is 17.2. The van der Waals surface area contributed by atoms with Crippen molar-refractivity contribution < 1.29 is 33.7 Å². The van der Waals surface area contributed by atoms with Gasteiger partial charge in [0.1, 0.15) is 25.9 Å². The number of nitrogens with two attached hydrogens (primary N) is 2. The standard InChI is InChI=1S/C11H16ClN3O4S2.C7H6ClN3O4S2/c1-6(2)3-11-14-8-4-7(12)9(20(13,16)17)5-10(8)21(18,19)15-11;8-4-1-5-7(2-6(4)16(9,12)13)17(14,15)11-3-10-5/h4-6,11,14-15H,3H2,1-2H3,(H2,13,16,17);1-3H,(H,10,11)(H2,9,12,13). The minimum atomic E-state index is -4.10. The minimum Gasteiger partial charge on any atom is -0.368 e.